The monoisotopic (exact) mass is 391 g/mol. The minimum atomic E-state index is -0.609. The van der Waals surface area contributed by atoms with Crippen molar-refractivity contribution in [3.8, 4) is 0 Å². The van der Waals surface area contributed by atoms with Crippen molar-refractivity contribution in [3.63, 3.8) is 0 Å². The molecule has 0 aliphatic carbocycles. The van der Waals surface area contributed by atoms with Gasteiger partial charge in [0.25, 0.3) is 5.91 Å². The van der Waals surface area contributed by atoms with E-state index >= 15 is 0 Å². The van der Waals surface area contributed by atoms with Crippen LogP contribution in [0.15, 0.2) is 54.6 Å². The van der Waals surface area contributed by atoms with Crippen LogP contribution in [0.5, 0.6) is 0 Å². The number of nitrogens with zero attached hydrogens (tertiary/aromatic N) is 3. The fourth-order valence-electron chi connectivity index (χ4n) is 4.13. The van der Waals surface area contributed by atoms with E-state index in [2.05, 4.69) is 0 Å². The number of carbonyl (C=O) groups excluding carboxylic acids is 3. The molecule has 2 aromatic rings. The van der Waals surface area contributed by atoms with Crippen molar-refractivity contribution >= 4 is 17.7 Å². The Hall–Kier alpha value is -3.15. The molecule has 2 aliphatic rings. The van der Waals surface area contributed by atoms with E-state index in [-0.39, 0.29) is 24.3 Å². The lowest BCUT2D eigenvalue weighted by molar-refractivity contribution is -0.163. The van der Waals surface area contributed by atoms with Crippen LogP contribution < -0.4 is 0 Å². The van der Waals surface area contributed by atoms with Crippen LogP contribution in [0.2, 0.25) is 0 Å². The van der Waals surface area contributed by atoms with Crippen molar-refractivity contribution in [2.24, 2.45) is 0 Å². The molecule has 0 saturated carbocycles. The number of carbonyl (C=O) groups is 3. The Kier molecular flexibility index (Phi) is 5.09. The van der Waals surface area contributed by atoms with E-state index in [1.54, 1.807) is 33.9 Å². The van der Waals surface area contributed by atoms with Gasteiger partial charge in [0.2, 0.25) is 11.8 Å². The third-order valence-corrected chi connectivity index (χ3v) is 5.91. The lowest BCUT2D eigenvalue weighted by Gasteiger charge is -2.48. The highest BCUT2D eigenvalue weighted by molar-refractivity contribution is 5.99. The predicted octanol–water partition coefficient (Wildman–Crippen LogP) is 1.73. The molecule has 0 aromatic heterocycles. The first-order valence-corrected chi connectivity index (χ1v) is 9.92. The van der Waals surface area contributed by atoms with E-state index in [1.807, 2.05) is 49.4 Å². The Morgan fingerprint density at radius 3 is 2.34 bits per heavy atom. The fourth-order valence-corrected chi connectivity index (χ4v) is 4.13. The molecular weight excluding hydrogens is 366 g/mol. The highest BCUT2D eigenvalue weighted by atomic mass is 16.2. The smallest absolute Gasteiger partial charge is 0.253 e. The molecule has 3 amide bonds. The molecule has 2 fully saturated rings. The normalized spacial score (nSPS) is 21.9. The Morgan fingerprint density at radius 2 is 1.66 bits per heavy atom. The molecule has 0 spiro atoms. The zero-order valence-corrected chi connectivity index (χ0v) is 16.7. The van der Waals surface area contributed by atoms with Gasteiger partial charge in [-0.05, 0) is 24.6 Å². The van der Waals surface area contributed by atoms with Crippen LogP contribution in [-0.2, 0) is 16.0 Å². The zero-order valence-electron chi connectivity index (χ0n) is 16.7. The molecule has 0 radical (unpaired) electrons. The molecule has 2 saturated heterocycles. The first kappa shape index (κ1) is 19.2. The maximum Gasteiger partial charge on any atom is 0.253 e. The van der Waals surface area contributed by atoms with Crippen LogP contribution in [0.25, 0.3) is 0 Å². The molecule has 2 aliphatic heterocycles. The van der Waals surface area contributed by atoms with E-state index in [9.17, 15) is 14.4 Å². The zero-order chi connectivity index (χ0) is 20.5. The van der Waals surface area contributed by atoms with Crippen LogP contribution in [0.4, 0.5) is 0 Å². The summed E-state index contributed by atoms with van der Waals surface area (Å²) in [5.41, 5.74) is 2.72. The summed E-state index contributed by atoms with van der Waals surface area (Å²) in [5.74, 6) is -0.241. The SMILES string of the molecule is Cc1ccc(C(=O)N2CCN3C(=O)[C@H](Cc4ccccc4)N(C)C(=O)[C@H]3C2)cc1. The van der Waals surface area contributed by atoms with Crippen LogP contribution in [0, 0.1) is 6.92 Å². The third kappa shape index (κ3) is 3.62. The second kappa shape index (κ2) is 7.70. The average molecular weight is 391 g/mol. The summed E-state index contributed by atoms with van der Waals surface area (Å²) in [5, 5.41) is 0. The van der Waals surface area contributed by atoms with Gasteiger partial charge in [-0.3, -0.25) is 14.4 Å². The van der Waals surface area contributed by atoms with Crippen LogP contribution >= 0.6 is 0 Å². The summed E-state index contributed by atoms with van der Waals surface area (Å²) in [6.07, 6.45) is 0.497. The van der Waals surface area contributed by atoms with E-state index in [4.69, 9.17) is 0 Å². The summed E-state index contributed by atoms with van der Waals surface area (Å²) in [7, 11) is 1.69. The maximum absolute atomic E-state index is 13.1. The number of piperazine rings is 2. The van der Waals surface area contributed by atoms with Crippen LogP contribution in [-0.4, -0.2) is 71.2 Å². The van der Waals surface area contributed by atoms with Gasteiger partial charge in [-0.2, -0.15) is 0 Å². The van der Waals surface area contributed by atoms with Gasteiger partial charge < -0.3 is 14.7 Å². The molecule has 4 rings (SSSR count). The lowest BCUT2D eigenvalue weighted by Crippen LogP contribution is -2.70. The lowest BCUT2D eigenvalue weighted by atomic mass is 9.96. The average Bonchev–Trinajstić information content (AvgIpc) is 2.75. The predicted molar refractivity (Wildman–Crippen MR) is 109 cm³/mol. The number of likely N-dealkylation sites (N-methyl/N-ethyl adjacent to an activating group) is 1. The number of fused-ring (bicyclic) bond motifs is 1. The summed E-state index contributed by atoms with van der Waals surface area (Å²) in [4.78, 5) is 43.9. The first-order valence-electron chi connectivity index (χ1n) is 9.92. The van der Waals surface area contributed by atoms with Gasteiger partial charge in [-0.15, -0.1) is 0 Å². The fraction of sp³-hybridized carbons (Fsp3) is 0.348. The molecule has 0 unspecified atom stereocenters. The summed E-state index contributed by atoms with van der Waals surface area (Å²) < 4.78 is 0. The van der Waals surface area contributed by atoms with Crippen molar-refractivity contribution in [1.29, 1.82) is 0 Å². The molecule has 2 aromatic carbocycles. The van der Waals surface area contributed by atoms with Crippen molar-refractivity contribution < 1.29 is 14.4 Å². The minimum Gasteiger partial charge on any atom is -0.334 e. The molecule has 29 heavy (non-hydrogen) atoms. The van der Waals surface area contributed by atoms with Crippen LogP contribution in [0.3, 0.4) is 0 Å². The molecule has 2 heterocycles. The van der Waals surface area contributed by atoms with E-state index in [0.717, 1.165) is 11.1 Å². The van der Waals surface area contributed by atoms with Gasteiger partial charge >= 0.3 is 0 Å². The maximum atomic E-state index is 13.1. The van der Waals surface area contributed by atoms with E-state index in [0.29, 0.717) is 25.1 Å². The molecule has 6 heteroatoms. The van der Waals surface area contributed by atoms with E-state index in [1.165, 1.54) is 0 Å². The van der Waals surface area contributed by atoms with Gasteiger partial charge in [0, 0.05) is 32.1 Å². The van der Waals surface area contributed by atoms with Gasteiger partial charge in [0.1, 0.15) is 12.1 Å². The second-order valence-corrected chi connectivity index (χ2v) is 7.82. The highest BCUT2D eigenvalue weighted by Gasteiger charge is 2.47. The Labute approximate surface area is 170 Å². The number of amides is 3. The Balaban J connectivity index is 1.50. The number of hydrogen-bond donors (Lipinski definition) is 0. The summed E-state index contributed by atoms with van der Waals surface area (Å²) in [6.45, 7) is 3.02. The second-order valence-electron chi connectivity index (χ2n) is 7.82. The molecule has 6 nitrogen and oxygen atoms in total. The molecule has 2 atom stereocenters. The van der Waals surface area contributed by atoms with Crippen molar-refractivity contribution in [2.75, 3.05) is 26.7 Å². The van der Waals surface area contributed by atoms with Gasteiger partial charge in [0.05, 0.1) is 6.54 Å². The number of hydrogen-bond acceptors (Lipinski definition) is 3. The first-order chi connectivity index (χ1) is 14.0. The Bertz CT molecular complexity index is 926. The van der Waals surface area contributed by atoms with Crippen molar-refractivity contribution in [3.05, 3.63) is 71.3 Å². The minimum absolute atomic E-state index is 0.0385. The third-order valence-electron chi connectivity index (χ3n) is 5.91. The van der Waals surface area contributed by atoms with Crippen molar-refractivity contribution in [2.45, 2.75) is 25.4 Å². The molecular formula is C23H25N3O3. The summed E-state index contributed by atoms with van der Waals surface area (Å²) in [6, 6.07) is 16.0. The van der Waals surface area contributed by atoms with Gasteiger partial charge in [-0.25, -0.2) is 0 Å². The molecule has 150 valence electrons. The highest BCUT2D eigenvalue weighted by Crippen LogP contribution is 2.24. The standard InChI is InChI=1S/C23H25N3O3/c1-16-8-10-18(11-9-16)21(27)25-12-13-26-20(15-25)22(28)24(2)19(23(26)29)14-17-6-4-3-5-7-17/h3-11,19-20H,12-15H2,1-2H3/t19-,20+/m0/s1. The van der Waals surface area contributed by atoms with Crippen LogP contribution in [0.1, 0.15) is 21.5 Å². The number of aryl methyl sites for hydroxylation is 1. The van der Waals surface area contributed by atoms with Crippen molar-refractivity contribution in [1.82, 2.24) is 14.7 Å². The van der Waals surface area contributed by atoms with Gasteiger partial charge in [0.15, 0.2) is 0 Å². The topological polar surface area (TPSA) is 60.9 Å². The quantitative estimate of drug-likeness (QED) is 0.801. The van der Waals surface area contributed by atoms with Gasteiger partial charge in [-0.1, -0.05) is 48.0 Å². The largest absolute Gasteiger partial charge is 0.334 e. The number of rotatable bonds is 3. The Morgan fingerprint density at radius 1 is 0.966 bits per heavy atom. The van der Waals surface area contributed by atoms with E-state index < -0.39 is 12.1 Å². The molecule has 0 bridgehead atoms. The summed E-state index contributed by atoms with van der Waals surface area (Å²) >= 11 is 0. The molecule has 0 N–H and O–H groups in total. The number of benzene rings is 2.